The van der Waals surface area contributed by atoms with Gasteiger partial charge in [0.1, 0.15) is 12.6 Å². The Morgan fingerprint density at radius 3 is 2.61 bits per heavy atom. The summed E-state index contributed by atoms with van der Waals surface area (Å²) in [6.07, 6.45) is -4.39. The predicted molar refractivity (Wildman–Crippen MR) is 63.3 cm³/mol. The summed E-state index contributed by atoms with van der Waals surface area (Å²) in [5.41, 5.74) is 1.70. The van der Waals surface area contributed by atoms with E-state index in [1.54, 1.807) is 12.1 Å². The van der Waals surface area contributed by atoms with E-state index in [1.165, 1.54) is 6.92 Å². The van der Waals surface area contributed by atoms with Crippen molar-refractivity contribution >= 4 is 11.6 Å². The summed E-state index contributed by atoms with van der Waals surface area (Å²) >= 11 is 0. The molecule has 0 heterocycles. The lowest BCUT2D eigenvalue weighted by Crippen LogP contribution is -2.42. The van der Waals surface area contributed by atoms with Crippen molar-refractivity contribution in [2.24, 2.45) is 0 Å². The smallest absolute Gasteiger partial charge is 0.374 e. The van der Waals surface area contributed by atoms with Gasteiger partial charge in [-0.05, 0) is 31.5 Å². The van der Waals surface area contributed by atoms with Gasteiger partial charge in [-0.2, -0.15) is 13.2 Å². The summed E-state index contributed by atoms with van der Waals surface area (Å²) in [5.74, 6) is -0.686. The van der Waals surface area contributed by atoms with Gasteiger partial charge in [0.2, 0.25) is 5.91 Å². The molecule has 2 N–H and O–H groups in total. The Morgan fingerprint density at radius 2 is 2.06 bits per heavy atom. The highest BCUT2D eigenvalue weighted by Gasteiger charge is 2.28. The van der Waals surface area contributed by atoms with Crippen LogP contribution in [-0.4, -0.2) is 24.7 Å². The molecule has 1 aromatic rings. The first-order chi connectivity index (χ1) is 8.28. The molecule has 0 radical (unpaired) electrons. The zero-order valence-corrected chi connectivity index (χ0v) is 10.1. The maximum absolute atomic E-state index is 11.9. The number of anilines is 1. The SMILES string of the molecule is Cc1cccc(NC(C)C(=O)NCC(F)(F)F)c1. The molecule has 0 aliphatic carbocycles. The lowest BCUT2D eigenvalue weighted by molar-refractivity contribution is -0.138. The quantitative estimate of drug-likeness (QED) is 0.873. The maximum Gasteiger partial charge on any atom is 0.405 e. The second-order valence-electron chi connectivity index (χ2n) is 4.07. The normalized spacial score (nSPS) is 12.9. The molecule has 0 bridgehead atoms. The first kappa shape index (κ1) is 14.3. The van der Waals surface area contributed by atoms with Gasteiger partial charge in [0, 0.05) is 5.69 Å². The molecule has 0 saturated carbocycles. The van der Waals surface area contributed by atoms with Gasteiger partial charge >= 0.3 is 6.18 Å². The monoisotopic (exact) mass is 260 g/mol. The molecule has 1 rings (SSSR count). The van der Waals surface area contributed by atoms with Crippen molar-refractivity contribution in [2.75, 3.05) is 11.9 Å². The Hall–Kier alpha value is -1.72. The lowest BCUT2D eigenvalue weighted by atomic mass is 10.2. The molecule has 1 amide bonds. The molecule has 0 aliphatic rings. The van der Waals surface area contributed by atoms with Crippen LogP contribution in [0.15, 0.2) is 24.3 Å². The molecular weight excluding hydrogens is 245 g/mol. The second kappa shape index (κ2) is 5.75. The topological polar surface area (TPSA) is 41.1 Å². The Bertz CT molecular complexity index is 418. The van der Waals surface area contributed by atoms with Gasteiger partial charge < -0.3 is 10.6 Å². The van der Waals surface area contributed by atoms with Crippen LogP contribution in [0.2, 0.25) is 0 Å². The van der Waals surface area contributed by atoms with Crippen LogP contribution in [0.5, 0.6) is 0 Å². The highest BCUT2D eigenvalue weighted by molar-refractivity contribution is 5.84. The molecule has 18 heavy (non-hydrogen) atoms. The van der Waals surface area contributed by atoms with Crippen LogP contribution in [0.25, 0.3) is 0 Å². The molecule has 1 unspecified atom stereocenters. The number of carbonyl (C=O) groups excluding carboxylic acids is 1. The molecule has 0 saturated heterocycles. The first-order valence-corrected chi connectivity index (χ1v) is 5.45. The van der Waals surface area contributed by atoms with Crippen LogP contribution in [-0.2, 0) is 4.79 Å². The van der Waals surface area contributed by atoms with Crippen LogP contribution in [0.4, 0.5) is 18.9 Å². The number of benzene rings is 1. The van der Waals surface area contributed by atoms with Gasteiger partial charge in [0.15, 0.2) is 0 Å². The van der Waals surface area contributed by atoms with Crippen LogP contribution < -0.4 is 10.6 Å². The largest absolute Gasteiger partial charge is 0.405 e. The maximum atomic E-state index is 11.9. The summed E-state index contributed by atoms with van der Waals surface area (Å²) in [4.78, 5) is 11.4. The van der Waals surface area contributed by atoms with E-state index >= 15 is 0 Å². The Morgan fingerprint density at radius 1 is 1.39 bits per heavy atom. The van der Waals surface area contributed by atoms with Crippen molar-refractivity contribution in [1.82, 2.24) is 5.32 Å². The average Bonchev–Trinajstić information content (AvgIpc) is 2.24. The summed E-state index contributed by atoms with van der Waals surface area (Å²) in [6, 6.07) is 6.53. The number of hydrogen-bond donors (Lipinski definition) is 2. The molecule has 6 heteroatoms. The number of hydrogen-bond acceptors (Lipinski definition) is 2. The predicted octanol–water partition coefficient (Wildman–Crippen LogP) is 2.47. The fraction of sp³-hybridized carbons (Fsp3) is 0.417. The van der Waals surface area contributed by atoms with E-state index in [1.807, 2.05) is 24.4 Å². The van der Waals surface area contributed by atoms with Crippen molar-refractivity contribution in [3.05, 3.63) is 29.8 Å². The van der Waals surface area contributed by atoms with E-state index in [9.17, 15) is 18.0 Å². The fourth-order valence-corrected chi connectivity index (χ4v) is 1.39. The standard InChI is InChI=1S/C12H15F3N2O/c1-8-4-3-5-10(6-8)17-9(2)11(18)16-7-12(13,14)15/h3-6,9,17H,7H2,1-2H3,(H,16,18). The Kier molecular flexibility index (Phi) is 4.58. The zero-order valence-electron chi connectivity index (χ0n) is 10.1. The number of nitrogens with one attached hydrogen (secondary N) is 2. The minimum absolute atomic E-state index is 0.686. The van der Waals surface area contributed by atoms with E-state index in [2.05, 4.69) is 5.32 Å². The molecular formula is C12H15F3N2O. The third-order valence-corrected chi connectivity index (χ3v) is 2.26. The zero-order chi connectivity index (χ0) is 13.8. The highest BCUT2D eigenvalue weighted by atomic mass is 19.4. The second-order valence-corrected chi connectivity index (χ2v) is 4.07. The average molecular weight is 260 g/mol. The van der Waals surface area contributed by atoms with Crippen molar-refractivity contribution in [3.8, 4) is 0 Å². The van der Waals surface area contributed by atoms with E-state index in [-0.39, 0.29) is 0 Å². The summed E-state index contributed by atoms with van der Waals surface area (Å²) in [5, 5.41) is 4.67. The minimum atomic E-state index is -4.39. The Labute approximate surface area is 103 Å². The van der Waals surface area contributed by atoms with E-state index in [4.69, 9.17) is 0 Å². The highest BCUT2D eigenvalue weighted by Crippen LogP contribution is 2.13. The lowest BCUT2D eigenvalue weighted by Gasteiger charge is -2.16. The molecule has 0 aliphatic heterocycles. The van der Waals surface area contributed by atoms with Crippen LogP contribution >= 0.6 is 0 Å². The Balaban J connectivity index is 2.50. The molecule has 0 fully saturated rings. The van der Waals surface area contributed by atoms with E-state index in [0.29, 0.717) is 5.69 Å². The van der Waals surface area contributed by atoms with Gasteiger partial charge in [-0.3, -0.25) is 4.79 Å². The molecule has 0 spiro atoms. The van der Waals surface area contributed by atoms with Crippen LogP contribution in [0.3, 0.4) is 0 Å². The molecule has 1 atom stereocenters. The molecule has 3 nitrogen and oxygen atoms in total. The summed E-state index contributed by atoms with van der Waals surface area (Å²) < 4.78 is 35.8. The fourth-order valence-electron chi connectivity index (χ4n) is 1.39. The van der Waals surface area contributed by atoms with Gasteiger partial charge in [-0.1, -0.05) is 12.1 Å². The van der Waals surface area contributed by atoms with Gasteiger partial charge in [-0.15, -0.1) is 0 Å². The number of aryl methyl sites for hydroxylation is 1. The van der Waals surface area contributed by atoms with Crippen molar-refractivity contribution < 1.29 is 18.0 Å². The van der Waals surface area contributed by atoms with Crippen molar-refractivity contribution in [2.45, 2.75) is 26.1 Å². The molecule has 0 aromatic heterocycles. The van der Waals surface area contributed by atoms with Gasteiger partial charge in [-0.25, -0.2) is 0 Å². The summed E-state index contributed by atoms with van der Waals surface area (Å²) in [7, 11) is 0. The number of amides is 1. The third-order valence-electron chi connectivity index (χ3n) is 2.26. The number of halogens is 3. The van der Waals surface area contributed by atoms with E-state index < -0.39 is 24.7 Å². The number of carbonyl (C=O) groups is 1. The molecule has 100 valence electrons. The van der Waals surface area contributed by atoms with Gasteiger partial charge in [0.25, 0.3) is 0 Å². The van der Waals surface area contributed by atoms with Crippen molar-refractivity contribution in [3.63, 3.8) is 0 Å². The first-order valence-electron chi connectivity index (χ1n) is 5.45. The van der Waals surface area contributed by atoms with Gasteiger partial charge in [0.05, 0.1) is 0 Å². The van der Waals surface area contributed by atoms with Crippen molar-refractivity contribution in [1.29, 1.82) is 0 Å². The number of alkyl halides is 3. The van der Waals surface area contributed by atoms with Crippen LogP contribution in [0.1, 0.15) is 12.5 Å². The summed E-state index contributed by atoms with van der Waals surface area (Å²) in [6.45, 7) is 2.08. The number of rotatable bonds is 4. The third kappa shape index (κ3) is 5.07. The van der Waals surface area contributed by atoms with E-state index in [0.717, 1.165) is 5.56 Å². The van der Waals surface area contributed by atoms with Crippen LogP contribution in [0, 0.1) is 6.92 Å². The minimum Gasteiger partial charge on any atom is -0.374 e. The molecule has 1 aromatic carbocycles.